The number of hydrogen-bond donors (Lipinski definition) is 2. The fraction of sp³-hybridized carbons (Fsp3) is 0.571. The topological polar surface area (TPSA) is 58.2 Å². The monoisotopic (exact) mass is 318 g/mol. The maximum absolute atomic E-state index is 12.4. The van der Waals surface area contributed by atoms with E-state index in [0.717, 1.165) is 36.2 Å². The van der Waals surface area contributed by atoms with Crippen molar-refractivity contribution in [2.75, 3.05) is 19.6 Å². The molecule has 1 heterocycles. The van der Waals surface area contributed by atoms with Gasteiger partial charge in [-0.05, 0) is 57.3 Å². The van der Waals surface area contributed by atoms with Gasteiger partial charge < -0.3 is 5.32 Å². The smallest absolute Gasteiger partial charge is 0.241 e. The van der Waals surface area contributed by atoms with Gasteiger partial charge in [0.2, 0.25) is 10.0 Å². The molecular formula is C14H23ClN2O2S. The third kappa shape index (κ3) is 3.95. The molecular weight excluding hydrogens is 296 g/mol. The van der Waals surface area contributed by atoms with Crippen molar-refractivity contribution in [3.05, 3.63) is 28.8 Å². The molecule has 0 radical (unpaired) electrons. The highest BCUT2D eigenvalue weighted by Gasteiger charge is 2.22. The van der Waals surface area contributed by atoms with Gasteiger partial charge in [-0.3, -0.25) is 0 Å². The lowest BCUT2D eigenvalue weighted by Gasteiger charge is -2.15. The number of rotatable bonds is 4. The van der Waals surface area contributed by atoms with Gasteiger partial charge in [0, 0.05) is 6.54 Å². The summed E-state index contributed by atoms with van der Waals surface area (Å²) in [6.45, 7) is 8.08. The van der Waals surface area contributed by atoms with E-state index in [0.29, 0.717) is 17.4 Å². The van der Waals surface area contributed by atoms with Crippen molar-refractivity contribution >= 4 is 22.4 Å². The van der Waals surface area contributed by atoms with Crippen LogP contribution in [0.1, 0.15) is 23.1 Å². The van der Waals surface area contributed by atoms with Crippen LogP contribution in [0, 0.1) is 26.7 Å². The number of benzene rings is 1. The molecule has 6 heteroatoms. The Bertz CT molecular complexity index is 544. The summed E-state index contributed by atoms with van der Waals surface area (Å²) in [5.41, 5.74) is 2.72. The van der Waals surface area contributed by atoms with Gasteiger partial charge in [0.05, 0.1) is 4.90 Å². The zero-order valence-corrected chi connectivity index (χ0v) is 13.8. The molecule has 1 aromatic rings. The van der Waals surface area contributed by atoms with Crippen LogP contribution in [0.2, 0.25) is 0 Å². The van der Waals surface area contributed by atoms with Crippen LogP contribution in [-0.2, 0) is 10.0 Å². The zero-order valence-electron chi connectivity index (χ0n) is 12.2. The van der Waals surface area contributed by atoms with E-state index in [1.54, 1.807) is 0 Å². The number of sulfonamides is 1. The van der Waals surface area contributed by atoms with Crippen LogP contribution in [-0.4, -0.2) is 28.1 Å². The molecule has 4 nitrogen and oxygen atoms in total. The van der Waals surface area contributed by atoms with E-state index in [4.69, 9.17) is 0 Å². The van der Waals surface area contributed by atoms with Crippen LogP contribution < -0.4 is 10.0 Å². The average Bonchev–Trinajstić information content (AvgIpc) is 2.77. The Balaban J connectivity index is 0.00000200. The van der Waals surface area contributed by atoms with Crippen molar-refractivity contribution in [2.24, 2.45) is 5.92 Å². The number of aryl methyl sites for hydroxylation is 3. The highest BCUT2D eigenvalue weighted by molar-refractivity contribution is 7.89. The minimum Gasteiger partial charge on any atom is -0.316 e. The van der Waals surface area contributed by atoms with E-state index in [2.05, 4.69) is 10.0 Å². The second-order valence-electron chi connectivity index (χ2n) is 5.44. The minimum absolute atomic E-state index is 0. The highest BCUT2D eigenvalue weighted by Crippen LogP contribution is 2.21. The van der Waals surface area contributed by atoms with Crippen molar-refractivity contribution in [1.82, 2.24) is 10.0 Å². The van der Waals surface area contributed by atoms with Crippen molar-refractivity contribution in [2.45, 2.75) is 32.1 Å². The van der Waals surface area contributed by atoms with Gasteiger partial charge in [-0.1, -0.05) is 17.7 Å². The van der Waals surface area contributed by atoms with Gasteiger partial charge in [0.25, 0.3) is 0 Å². The standard InChI is InChI=1S/C14H22N2O2S.ClH/c1-10-6-11(2)14(12(3)7-10)19(17,18)16-9-13-4-5-15-8-13;/h6-7,13,15-16H,4-5,8-9H2,1-3H3;1H. The minimum atomic E-state index is -3.40. The first kappa shape index (κ1) is 17.4. The van der Waals surface area contributed by atoms with E-state index in [1.807, 2.05) is 32.9 Å². The van der Waals surface area contributed by atoms with Crippen molar-refractivity contribution in [3.8, 4) is 0 Å². The van der Waals surface area contributed by atoms with E-state index in [1.165, 1.54) is 0 Å². The summed E-state index contributed by atoms with van der Waals surface area (Å²) in [5, 5.41) is 3.24. The summed E-state index contributed by atoms with van der Waals surface area (Å²) >= 11 is 0. The highest BCUT2D eigenvalue weighted by atomic mass is 35.5. The normalized spacial score (nSPS) is 18.9. The van der Waals surface area contributed by atoms with Gasteiger partial charge in [0.1, 0.15) is 0 Å². The lowest BCUT2D eigenvalue weighted by Crippen LogP contribution is -2.31. The molecule has 1 aromatic carbocycles. The molecule has 1 fully saturated rings. The number of hydrogen-bond acceptors (Lipinski definition) is 3. The summed E-state index contributed by atoms with van der Waals surface area (Å²) in [6, 6.07) is 3.83. The molecule has 2 N–H and O–H groups in total. The molecule has 1 aliphatic heterocycles. The number of halogens is 1. The fourth-order valence-corrected chi connectivity index (χ4v) is 4.34. The SMILES string of the molecule is Cc1cc(C)c(S(=O)(=O)NCC2CCNC2)c(C)c1.Cl. The van der Waals surface area contributed by atoms with E-state index in [-0.39, 0.29) is 12.4 Å². The number of nitrogens with one attached hydrogen (secondary N) is 2. The lowest BCUT2D eigenvalue weighted by atomic mass is 10.1. The Labute approximate surface area is 127 Å². The maximum Gasteiger partial charge on any atom is 0.241 e. The third-order valence-electron chi connectivity index (χ3n) is 3.60. The Morgan fingerprint density at radius 2 is 1.85 bits per heavy atom. The van der Waals surface area contributed by atoms with E-state index in [9.17, 15) is 8.42 Å². The Morgan fingerprint density at radius 1 is 1.25 bits per heavy atom. The molecule has 0 spiro atoms. The summed E-state index contributed by atoms with van der Waals surface area (Å²) in [6.07, 6.45) is 1.04. The second-order valence-corrected chi connectivity index (χ2v) is 7.14. The summed E-state index contributed by atoms with van der Waals surface area (Å²) in [5.74, 6) is 0.404. The Kier molecular flexibility index (Phi) is 6.01. The molecule has 1 aliphatic rings. The van der Waals surface area contributed by atoms with Gasteiger partial charge in [-0.2, -0.15) is 0 Å². The molecule has 0 amide bonds. The van der Waals surface area contributed by atoms with Crippen LogP contribution in [0.4, 0.5) is 0 Å². The summed E-state index contributed by atoms with van der Waals surface area (Å²) < 4.78 is 27.6. The third-order valence-corrected chi connectivity index (χ3v) is 5.33. The Morgan fingerprint density at radius 3 is 2.35 bits per heavy atom. The predicted octanol–water partition coefficient (Wildman–Crippen LogP) is 1.92. The quantitative estimate of drug-likeness (QED) is 0.891. The molecule has 0 saturated carbocycles. The molecule has 0 bridgehead atoms. The molecule has 2 rings (SSSR count). The second kappa shape index (κ2) is 6.89. The first-order chi connectivity index (χ1) is 8.90. The van der Waals surface area contributed by atoms with Crippen molar-refractivity contribution in [3.63, 3.8) is 0 Å². The molecule has 1 unspecified atom stereocenters. The largest absolute Gasteiger partial charge is 0.316 e. The summed E-state index contributed by atoms with van der Waals surface area (Å²) in [4.78, 5) is 0.434. The lowest BCUT2D eigenvalue weighted by molar-refractivity contribution is 0.538. The molecule has 0 aromatic heterocycles. The fourth-order valence-electron chi connectivity index (χ4n) is 2.78. The van der Waals surface area contributed by atoms with Gasteiger partial charge in [-0.25, -0.2) is 13.1 Å². The van der Waals surface area contributed by atoms with Gasteiger partial charge >= 0.3 is 0 Å². The molecule has 20 heavy (non-hydrogen) atoms. The summed E-state index contributed by atoms with van der Waals surface area (Å²) in [7, 11) is -3.40. The maximum atomic E-state index is 12.4. The van der Waals surface area contributed by atoms with Gasteiger partial charge in [-0.15, -0.1) is 12.4 Å². The first-order valence-corrected chi connectivity index (χ1v) is 8.16. The van der Waals surface area contributed by atoms with Crippen molar-refractivity contribution < 1.29 is 8.42 Å². The Hall–Kier alpha value is -0.620. The zero-order chi connectivity index (χ0) is 14.0. The van der Waals surface area contributed by atoms with Crippen LogP contribution >= 0.6 is 12.4 Å². The van der Waals surface area contributed by atoms with E-state index >= 15 is 0 Å². The van der Waals surface area contributed by atoms with Crippen LogP contribution in [0.5, 0.6) is 0 Å². The predicted molar refractivity (Wildman–Crippen MR) is 84.1 cm³/mol. The molecule has 1 saturated heterocycles. The van der Waals surface area contributed by atoms with Gasteiger partial charge in [0.15, 0.2) is 0 Å². The average molecular weight is 319 g/mol. The molecule has 0 aliphatic carbocycles. The first-order valence-electron chi connectivity index (χ1n) is 6.68. The van der Waals surface area contributed by atoms with Crippen molar-refractivity contribution in [1.29, 1.82) is 0 Å². The molecule has 1 atom stereocenters. The van der Waals surface area contributed by atoms with Crippen LogP contribution in [0.3, 0.4) is 0 Å². The van der Waals surface area contributed by atoms with Crippen LogP contribution in [0.25, 0.3) is 0 Å². The van der Waals surface area contributed by atoms with Crippen LogP contribution in [0.15, 0.2) is 17.0 Å². The van der Waals surface area contributed by atoms with E-state index < -0.39 is 10.0 Å². The molecule has 114 valence electrons.